The van der Waals surface area contributed by atoms with Crippen LogP contribution < -0.4 is 5.32 Å². The number of alkyl halides is 3. The summed E-state index contributed by atoms with van der Waals surface area (Å²) in [5.74, 6) is -0.437. The lowest BCUT2D eigenvalue weighted by atomic mass is 10.3. The number of aromatic nitrogens is 1. The lowest BCUT2D eigenvalue weighted by Crippen LogP contribution is -2.40. The van der Waals surface area contributed by atoms with Gasteiger partial charge in [-0.2, -0.15) is 17.5 Å². The molecule has 1 fully saturated rings. The molecule has 0 bridgehead atoms. The average Bonchev–Trinajstić information content (AvgIpc) is 2.74. The molecule has 2 aromatic rings. The fourth-order valence-corrected chi connectivity index (χ4v) is 5.01. The fourth-order valence-electron chi connectivity index (χ4n) is 2.77. The molecule has 1 aromatic heterocycles. The van der Waals surface area contributed by atoms with E-state index in [-0.39, 0.29) is 23.0 Å². The second-order valence-electron chi connectivity index (χ2n) is 6.68. The van der Waals surface area contributed by atoms with Crippen molar-refractivity contribution in [2.45, 2.75) is 28.3 Å². The number of pyridine rings is 1. The van der Waals surface area contributed by atoms with Crippen molar-refractivity contribution in [3.63, 3.8) is 0 Å². The molecule has 31 heavy (non-hydrogen) atoms. The van der Waals surface area contributed by atoms with E-state index in [0.29, 0.717) is 25.1 Å². The Balaban J connectivity index is 1.65. The Morgan fingerprint density at radius 2 is 1.94 bits per heavy atom. The maximum Gasteiger partial charge on any atom is 0.417 e. The largest absolute Gasteiger partial charge is 0.417 e. The predicted molar refractivity (Wildman–Crippen MR) is 109 cm³/mol. The number of carbonyl (C=O) groups is 1. The van der Waals surface area contributed by atoms with Crippen LogP contribution in [-0.4, -0.2) is 55.2 Å². The van der Waals surface area contributed by atoms with Gasteiger partial charge in [0.05, 0.1) is 33.9 Å². The van der Waals surface area contributed by atoms with Crippen LogP contribution in [-0.2, 0) is 25.7 Å². The minimum absolute atomic E-state index is 0.0527. The van der Waals surface area contributed by atoms with Crippen LogP contribution in [0.5, 0.6) is 0 Å². The van der Waals surface area contributed by atoms with E-state index in [1.165, 1.54) is 28.6 Å². The van der Waals surface area contributed by atoms with Gasteiger partial charge in [0.15, 0.2) is 0 Å². The van der Waals surface area contributed by atoms with E-state index < -0.39 is 32.9 Å². The summed E-state index contributed by atoms with van der Waals surface area (Å²) in [6.45, 7) is 2.73. The van der Waals surface area contributed by atoms with E-state index in [1.807, 2.05) is 0 Å². The summed E-state index contributed by atoms with van der Waals surface area (Å²) in [5.41, 5.74) is -0.570. The summed E-state index contributed by atoms with van der Waals surface area (Å²) < 4.78 is 69.9. The van der Waals surface area contributed by atoms with Gasteiger partial charge in [0.1, 0.15) is 0 Å². The zero-order valence-electron chi connectivity index (χ0n) is 16.4. The SMILES string of the molecule is CC(Sc1ccc(C(F)(F)F)cn1)C(=O)Nc1cccc(S(=O)(=O)N2CCOCC2)c1. The van der Waals surface area contributed by atoms with Gasteiger partial charge >= 0.3 is 6.18 Å². The van der Waals surface area contributed by atoms with Crippen molar-refractivity contribution in [2.24, 2.45) is 0 Å². The number of halogens is 3. The minimum Gasteiger partial charge on any atom is -0.379 e. The summed E-state index contributed by atoms with van der Waals surface area (Å²) in [6, 6.07) is 8.01. The van der Waals surface area contributed by atoms with Gasteiger partial charge in [-0.3, -0.25) is 4.79 Å². The van der Waals surface area contributed by atoms with Crippen molar-refractivity contribution in [3.8, 4) is 0 Å². The predicted octanol–water partition coefficient (Wildman–Crippen LogP) is 3.24. The van der Waals surface area contributed by atoms with E-state index in [2.05, 4.69) is 10.3 Å². The summed E-state index contributed by atoms with van der Waals surface area (Å²) in [6.07, 6.45) is -3.77. The molecular formula is C19H20F3N3O4S2. The Morgan fingerprint density at radius 3 is 2.55 bits per heavy atom. The molecule has 3 rings (SSSR count). The topological polar surface area (TPSA) is 88.6 Å². The smallest absolute Gasteiger partial charge is 0.379 e. The molecule has 1 aliphatic heterocycles. The number of ether oxygens (including phenoxy) is 1. The first kappa shape index (κ1) is 23.5. The highest BCUT2D eigenvalue weighted by Crippen LogP contribution is 2.30. The molecule has 168 valence electrons. The maximum absolute atomic E-state index is 12.8. The molecular weight excluding hydrogens is 455 g/mol. The highest BCUT2D eigenvalue weighted by Gasteiger charge is 2.31. The zero-order chi connectivity index (χ0) is 22.6. The number of morpholine rings is 1. The van der Waals surface area contributed by atoms with Crippen LogP contribution in [0.4, 0.5) is 18.9 Å². The van der Waals surface area contributed by atoms with Crippen LogP contribution in [0.1, 0.15) is 12.5 Å². The van der Waals surface area contributed by atoms with E-state index in [1.54, 1.807) is 13.0 Å². The second kappa shape index (κ2) is 9.55. The average molecular weight is 476 g/mol. The van der Waals surface area contributed by atoms with Gasteiger partial charge in [0.2, 0.25) is 15.9 Å². The summed E-state index contributed by atoms with van der Waals surface area (Å²) in [4.78, 5) is 16.3. The lowest BCUT2D eigenvalue weighted by Gasteiger charge is -2.26. The van der Waals surface area contributed by atoms with Crippen molar-refractivity contribution in [2.75, 3.05) is 31.6 Å². The standard InChI is InChI=1S/C19H20F3N3O4S2/c1-13(30-17-6-5-14(12-23-17)19(20,21)22)18(26)24-15-3-2-4-16(11-15)31(27,28)25-7-9-29-10-8-25/h2-6,11-13H,7-10H2,1H3,(H,24,26). The molecule has 2 heterocycles. The van der Waals surface area contributed by atoms with Gasteiger partial charge in [-0.15, -0.1) is 0 Å². The summed E-state index contributed by atoms with van der Waals surface area (Å²) in [5, 5.41) is 2.22. The van der Waals surface area contributed by atoms with E-state index >= 15 is 0 Å². The first-order valence-corrected chi connectivity index (χ1v) is 11.6. The molecule has 1 atom stereocenters. The Hall–Kier alpha value is -2.15. The maximum atomic E-state index is 12.8. The van der Waals surface area contributed by atoms with Gasteiger partial charge in [-0.1, -0.05) is 17.8 Å². The van der Waals surface area contributed by atoms with Crippen molar-refractivity contribution in [1.82, 2.24) is 9.29 Å². The van der Waals surface area contributed by atoms with Crippen LogP contribution in [0.25, 0.3) is 0 Å². The molecule has 0 spiro atoms. The van der Waals surface area contributed by atoms with Crippen molar-refractivity contribution >= 4 is 33.4 Å². The van der Waals surface area contributed by atoms with Gasteiger partial charge in [-0.05, 0) is 37.3 Å². The zero-order valence-corrected chi connectivity index (χ0v) is 18.1. The molecule has 1 unspecified atom stereocenters. The molecule has 1 saturated heterocycles. The van der Waals surface area contributed by atoms with Crippen molar-refractivity contribution in [1.29, 1.82) is 0 Å². The monoisotopic (exact) mass is 475 g/mol. The molecule has 1 aliphatic rings. The number of benzene rings is 1. The number of thioether (sulfide) groups is 1. The first-order valence-electron chi connectivity index (χ1n) is 9.26. The van der Waals surface area contributed by atoms with Crippen LogP contribution in [0.15, 0.2) is 52.5 Å². The summed E-state index contributed by atoms with van der Waals surface area (Å²) in [7, 11) is -3.71. The quantitative estimate of drug-likeness (QED) is 0.646. The number of anilines is 1. The number of nitrogens with zero attached hydrogens (tertiary/aromatic N) is 2. The summed E-state index contributed by atoms with van der Waals surface area (Å²) >= 11 is 0.992. The number of nitrogens with one attached hydrogen (secondary N) is 1. The normalized spacial score (nSPS) is 16.6. The van der Waals surface area contributed by atoms with Crippen LogP contribution >= 0.6 is 11.8 Å². The number of carbonyl (C=O) groups excluding carboxylic acids is 1. The van der Waals surface area contributed by atoms with Gasteiger partial charge in [0.25, 0.3) is 0 Å². The van der Waals surface area contributed by atoms with Crippen LogP contribution in [0.2, 0.25) is 0 Å². The van der Waals surface area contributed by atoms with Gasteiger partial charge in [0, 0.05) is 25.0 Å². The Bertz CT molecular complexity index is 1020. The second-order valence-corrected chi connectivity index (χ2v) is 9.98. The number of sulfonamides is 1. The number of rotatable bonds is 6. The van der Waals surface area contributed by atoms with Crippen LogP contribution in [0.3, 0.4) is 0 Å². The van der Waals surface area contributed by atoms with Crippen LogP contribution in [0, 0.1) is 0 Å². The Kier molecular flexibility index (Phi) is 7.24. The van der Waals surface area contributed by atoms with E-state index in [9.17, 15) is 26.4 Å². The lowest BCUT2D eigenvalue weighted by molar-refractivity contribution is -0.137. The number of hydrogen-bond donors (Lipinski definition) is 1. The third-order valence-corrected chi connectivity index (χ3v) is 7.39. The molecule has 1 amide bonds. The third kappa shape index (κ3) is 5.97. The van der Waals surface area contributed by atoms with Crippen molar-refractivity contribution < 1.29 is 31.1 Å². The highest BCUT2D eigenvalue weighted by atomic mass is 32.2. The van der Waals surface area contributed by atoms with Crippen molar-refractivity contribution in [3.05, 3.63) is 48.2 Å². The number of amides is 1. The van der Waals surface area contributed by atoms with Gasteiger partial charge < -0.3 is 10.1 Å². The number of hydrogen-bond acceptors (Lipinski definition) is 6. The van der Waals surface area contributed by atoms with E-state index in [4.69, 9.17) is 4.74 Å². The Labute approximate surface area is 182 Å². The Morgan fingerprint density at radius 1 is 1.23 bits per heavy atom. The molecule has 0 saturated carbocycles. The molecule has 12 heteroatoms. The molecule has 0 radical (unpaired) electrons. The molecule has 0 aliphatic carbocycles. The minimum atomic E-state index is -4.48. The molecule has 7 nitrogen and oxygen atoms in total. The van der Waals surface area contributed by atoms with E-state index in [0.717, 1.165) is 17.8 Å². The molecule has 1 aromatic carbocycles. The first-order chi connectivity index (χ1) is 14.6. The highest BCUT2D eigenvalue weighted by molar-refractivity contribution is 8.00. The van der Waals surface area contributed by atoms with Gasteiger partial charge in [-0.25, -0.2) is 13.4 Å². The third-order valence-electron chi connectivity index (χ3n) is 4.44. The molecule has 1 N–H and O–H groups in total. The fraction of sp³-hybridized carbons (Fsp3) is 0.368.